The van der Waals surface area contributed by atoms with Gasteiger partial charge in [0, 0.05) is 11.1 Å². The van der Waals surface area contributed by atoms with Gasteiger partial charge in [0.15, 0.2) is 7.91 Å². The van der Waals surface area contributed by atoms with Crippen molar-refractivity contribution in [2.45, 2.75) is 0 Å². The van der Waals surface area contributed by atoms with Crippen LogP contribution >= 0.6 is 47.1 Å². The largest absolute Gasteiger partial charge is 0.258 e. The van der Waals surface area contributed by atoms with Crippen molar-refractivity contribution in [3.05, 3.63) is 32.2 Å². The lowest BCUT2D eigenvalue weighted by molar-refractivity contribution is 1.08. The molecular formula is C10H6N4S4. The Kier molecular flexibility index (Phi) is 3.16. The van der Waals surface area contributed by atoms with Gasteiger partial charge in [-0.2, -0.15) is 10.2 Å². The number of H-pyrrole nitrogens is 2. The second kappa shape index (κ2) is 4.81. The predicted molar refractivity (Wildman–Crippen MR) is 79.0 cm³/mol. The number of nitrogens with one attached hydrogen (secondary N) is 2. The molecule has 0 atom stereocenters. The molecule has 0 unspecified atom stereocenters. The summed E-state index contributed by atoms with van der Waals surface area (Å²) in [4.78, 5) is 0. The fraction of sp³-hybridized carbons (Fsp3) is 0. The molecule has 2 heterocycles. The Labute approximate surface area is 120 Å². The van der Waals surface area contributed by atoms with Crippen LogP contribution in [-0.4, -0.2) is 20.4 Å². The summed E-state index contributed by atoms with van der Waals surface area (Å²) in [5.41, 5.74) is 2.01. The van der Waals surface area contributed by atoms with E-state index in [0.717, 1.165) is 21.1 Å². The van der Waals surface area contributed by atoms with Gasteiger partial charge in [0.25, 0.3) is 0 Å². The number of rotatable bonds is 2. The van der Waals surface area contributed by atoms with Gasteiger partial charge >= 0.3 is 0 Å². The first-order valence-corrected chi connectivity index (χ1v) is 7.40. The van der Waals surface area contributed by atoms with Crippen molar-refractivity contribution in [3.63, 3.8) is 0 Å². The average molecular weight is 310 g/mol. The second-order valence-electron chi connectivity index (χ2n) is 3.38. The van der Waals surface area contributed by atoms with Crippen molar-refractivity contribution in [1.29, 1.82) is 0 Å². The molecule has 3 rings (SSSR count). The molecule has 3 aromatic rings. The van der Waals surface area contributed by atoms with Crippen molar-refractivity contribution in [3.8, 4) is 21.1 Å². The lowest BCUT2D eigenvalue weighted by Gasteiger charge is -2.02. The molecule has 90 valence electrons. The Morgan fingerprint density at radius 3 is 1.61 bits per heavy atom. The highest BCUT2D eigenvalue weighted by molar-refractivity contribution is 7.73. The minimum atomic E-state index is 0.662. The van der Waals surface area contributed by atoms with Gasteiger partial charge in [-0.3, -0.25) is 10.2 Å². The third-order valence-corrected chi connectivity index (χ3v) is 4.51. The van der Waals surface area contributed by atoms with Crippen molar-refractivity contribution in [2.24, 2.45) is 0 Å². The summed E-state index contributed by atoms with van der Waals surface area (Å²) < 4.78 is 1.32. The van der Waals surface area contributed by atoms with E-state index in [1.54, 1.807) is 0 Å². The zero-order valence-corrected chi connectivity index (χ0v) is 12.1. The van der Waals surface area contributed by atoms with Crippen molar-refractivity contribution in [1.82, 2.24) is 20.4 Å². The zero-order valence-electron chi connectivity index (χ0n) is 8.84. The van der Waals surface area contributed by atoms with Gasteiger partial charge in [-0.25, -0.2) is 0 Å². The topological polar surface area (TPSA) is 57.4 Å². The predicted octanol–water partition coefficient (Wildman–Crippen LogP) is 4.05. The highest BCUT2D eigenvalue weighted by Gasteiger charge is 2.12. The summed E-state index contributed by atoms with van der Waals surface area (Å²) in [6.45, 7) is 0. The Morgan fingerprint density at radius 1 is 0.833 bits per heavy atom. The first-order chi connectivity index (χ1) is 8.74. The molecule has 2 N–H and O–H groups in total. The molecule has 0 saturated carbocycles. The maximum atomic E-state index is 5.06. The summed E-state index contributed by atoms with van der Waals surface area (Å²) in [7, 11) is 0. The van der Waals surface area contributed by atoms with E-state index in [1.165, 1.54) is 22.7 Å². The Hall–Kier alpha value is -1.22. The maximum Gasteiger partial charge on any atom is 0.176 e. The van der Waals surface area contributed by atoms with Crippen molar-refractivity contribution >= 4 is 47.1 Å². The molecule has 0 aliphatic carbocycles. The molecule has 4 nitrogen and oxygen atoms in total. The summed E-state index contributed by atoms with van der Waals surface area (Å²) in [6.07, 6.45) is 0. The van der Waals surface area contributed by atoms with Crippen molar-refractivity contribution in [2.75, 3.05) is 0 Å². The average Bonchev–Trinajstić information content (AvgIpc) is 2.98. The third-order valence-electron chi connectivity index (χ3n) is 2.26. The number of aromatic amines is 2. The van der Waals surface area contributed by atoms with Crippen LogP contribution in [-0.2, 0) is 0 Å². The van der Waals surface area contributed by atoms with Gasteiger partial charge in [-0.05, 0) is 24.4 Å². The molecule has 0 radical (unpaired) electrons. The lowest BCUT2D eigenvalue weighted by atomic mass is 10.1. The number of aromatic nitrogens is 4. The van der Waals surface area contributed by atoms with Crippen LogP contribution in [0.15, 0.2) is 24.3 Å². The first kappa shape index (κ1) is 11.8. The Bertz CT molecular complexity index is 727. The van der Waals surface area contributed by atoms with Crippen LogP contribution in [0.25, 0.3) is 21.1 Å². The number of nitrogens with zero attached hydrogens (tertiary/aromatic N) is 2. The molecular weight excluding hydrogens is 304 g/mol. The monoisotopic (exact) mass is 310 g/mol. The Morgan fingerprint density at radius 2 is 1.28 bits per heavy atom. The highest BCUT2D eigenvalue weighted by atomic mass is 32.2. The van der Waals surface area contributed by atoms with E-state index < -0.39 is 0 Å². The summed E-state index contributed by atoms with van der Waals surface area (Å²) in [5.74, 6) is 0. The molecule has 18 heavy (non-hydrogen) atoms. The van der Waals surface area contributed by atoms with E-state index in [2.05, 4.69) is 20.4 Å². The van der Waals surface area contributed by atoms with E-state index in [9.17, 15) is 0 Å². The lowest BCUT2D eigenvalue weighted by Crippen LogP contribution is -1.84. The van der Waals surface area contributed by atoms with Crippen LogP contribution < -0.4 is 0 Å². The fourth-order valence-electron chi connectivity index (χ4n) is 1.55. The zero-order chi connectivity index (χ0) is 12.5. The molecule has 0 aliphatic rings. The summed E-state index contributed by atoms with van der Waals surface area (Å²) >= 11 is 13.0. The third kappa shape index (κ3) is 2.19. The normalized spacial score (nSPS) is 10.7. The maximum absolute atomic E-state index is 5.06. The van der Waals surface area contributed by atoms with Gasteiger partial charge < -0.3 is 0 Å². The van der Waals surface area contributed by atoms with Gasteiger partial charge in [-0.15, -0.1) is 0 Å². The van der Waals surface area contributed by atoms with Crippen molar-refractivity contribution < 1.29 is 0 Å². The van der Waals surface area contributed by atoms with Crippen LogP contribution in [0.4, 0.5) is 0 Å². The fourth-order valence-corrected chi connectivity index (χ4v) is 3.40. The van der Waals surface area contributed by atoms with Crippen LogP contribution in [0.3, 0.4) is 0 Å². The number of benzene rings is 1. The van der Waals surface area contributed by atoms with Crippen LogP contribution in [0, 0.1) is 7.91 Å². The molecule has 8 heteroatoms. The van der Waals surface area contributed by atoms with E-state index in [0.29, 0.717) is 7.91 Å². The van der Waals surface area contributed by atoms with Crippen LogP contribution in [0.2, 0.25) is 0 Å². The quantitative estimate of drug-likeness (QED) is 0.701. The van der Waals surface area contributed by atoms with Crippen LogP contribution in [0.5, 0.6) is 0 Å². The summed E-state index contributed by atoms with van der Waals surface area (Å²) in [5, 5.41) is 15.7. The molecule has 0 spiro atoms. The SMILES string of the molecule is S=c1[nH]nc(-c2ccccc2-c2n[nH]c(=S)s2)s1. The molecule has 2 aromatic heterocycles. The minimum Gasteiger partial charge on any atom is -0.258 e. The molecule has 0 saturated heterocycles. The Balaban J connectivity index is 2.22. The van der Waals surface area contributed by atoms with Gasteiger partial charge in [-0.1, -0.05) is 46.9 Å². The standard InChI is InChI=1S/C10H6N4S4/c15-9-13-11-7(17-9)5-3-1-2-4-6(5)8-12-14-10(16)18-8/h1-4H,(H,13,15)(H,14,16). The molecule has 0 amide bonds. The molecule has 1 aromatic carbocycles. The summed E-state index contributed by atoms with van der Waals surface area (Å²) in [6, 6.07) is 7.94. The van der Waals surface area contributed by atoms with E-state index in [1.807, 2.05) is 24.3 Å². The number of hydrogen-bond acceptors (Lipinski definition) is 6. The smallest absolute Gasteiger partial charge is 0.176 e. The molecule has 0 aliphatic heterocycles. The minimum absolute atomic E-state index is 0.662. The van der Waals surface area contributed by atoms with E-state index in [-0.39, 0.29) is 0 Å². The first-order valence-electron chi connectivity index (χ1n) is 4.95. The highest BCUT2D eigenvalue weighted by Crippen LogP contribution is 2.33. The number of hydrogen-bond donors (Lipinski definition) is 2. The second-order valence-corrected chi connectivity index (χ2v) is 6.71. The molecule has 0 bridgehead atoms. The van der Waals surface area contributed by atoms with E-state index in [4.69, 9.17) is 24.4 Å². The van der Waals surface area contributed by atoms with E-state index >= 15 is 0 Å². The van der Waals surface area contributed by atoms with Gasteiger partial charge in [0.1, 0.15) is 10.0 Å². The van der Waals surface area contributed by atoms with Crippen LogP contribution in [0.1, 0.15) is 0 Å². The van der Waals surface area contributed by atoms with Gasteiger partial charge in [0.05, 0.1) is 0 Å². The molecule has 0 fully saturated rings. The van der Waals surface area contributed by atoms with Gasteiger partial charge in [0.2, 0.25) is 0 Å².